The third kappa shape index (κ3) is 4.73. The molecule has 8 nitrogen and oxygen atoms in total. The van der Waals surface area contributed by atoms with Gasteiger partial charge >= 0.3 is 0 Å². The average Bonchev–Trinajstić information content (AvgIpc) is 2.82. The van der Waals surface area contributed by atoms with Gasteiger partial charge in [0.25, 0.3) is 0 Å². The Balaban J connectivity index is 2.08. The van der Waals surface area contributed by atoms with Crippen molar-refractivity contribution in [2.45, 2.75) is 27.7 Å². The quantitative estimate of drug-likeness (QED) is 0.729. The first kappa shape index (κ1) is 17.4. The molecule has 2 N–H and O–H groups in total. The number of hydrogen-bond acceptors (Lipinski definition) is 6. The van der Waals surface area contributed by atoms with E-state index in [1.54, 1.807) is 24.6 Å². The fraction of sp³-hybridized carbons (Fsp3) is 0.500. The van der Waals surface area contributed by atoms with Crippen molar-refractivity contribution in [3.05, 3.63) is 29.3 Å². The monoisotopic (exact) mass is 338 g/mol. The highest BCUT2D eigenvalue weighted by atomic mass is 32.2. The minimum atomic E-state index is -3.17. The highest BCUT2D eigenvalue weighted by Crippen LogP contribution is 2.13. The van der Waals surface area contributed by atoms with E-state index >= 15 is 0 Å². The Hall–Kier alpha value is -2.00. The predicted octanol–water partition coefficient (Wildman–Crippen LogP) is 0.939. The van der Waals surface area contributed by atoms with Gasteiger partial charge in [0.15, 0.2) is 5.82 Å². The molecule has 126 valence electrons. The van der Waals surface area contributed by atoms with E-state index in [0.717, 1.165) is 11.4 Å². The van der Waals surface area contributed by atoms with Gasteiger partial charge in [-0.1, -0.05) is 0 Å². The minimum Gasteiger partial charge on any atom is -0.369 e. The summed E-state index contributed by atoms with van der Waals surface area (Å²) >= 11 is 0. The van der Waals surface area contributed by atoms with Gasteiger partial charge in [-0.3, -0.25) is 0 Å². The Morgan fingerprint density at radius 3 is 2.48 bits per heavy atom. The third-order valence-corrected chi connectivity index (χ3v) is 4.59. The van der Waals surface area contributed by atoms with Gasteiger partial charge in [0.1, 0.15) is 11.6 Å². The van der Waals surface area contributed by atoms with E-state index in [-0.39, 0.29) is 5.75 Å². The van der Waals surface area contributed by atoms with Crippen LogP contribution in [0.2, 0.25) is 0 Å². The van der Waals surface area contributed by atoms with E-state index in [2.05, 4.69) is 25.1 Å². The van der Waals surface area contributed by atoms with Crippen molar-refractivity contribution in [2.75, 3.05) is 24.2 Å². The van der Waals surface area contributed by atoms with E-state index in [0.29, 0.717) is 30.5 Å². The molecular weight excluding hydrogens is 316 g/mol. The summed E-state index contributed by atoms with van der Waals surface area (Å²) in [6.45, 7) is 8.03. The first-order valence-corrected chi connectivity index (χ1v) is 9.06. The number of aryl methyl sites for hydroxylation is 3. The molecule has 0 bridgehead atoms. The first-order valence-electron chi connectivity index (χ1n) is 7.41. The summed E-state index contributed by atoms with van der Waals surface area (Å²) in [5, 5.41) is 7.51. The van der Waals surface area contributed by atoms with Gasteiger partial charge in [-0.15, -0.1) is 0 Å². The highest BCUT2D eigenvalue weighted by molar-refractivity contribution is 7.89. The minimum absolute atomic E-state index is 0.0711. The Labute approximate surface area is 136 Å². The normalized spacial score (nSPS) is 11.7. The second-order valence-electron chi connectivity index (χ2n) is 5.22. The molecule has 9 heteroatoms. The number of sulfonamides is 1. The summed E-state index contributed by atoms with van der Waals surface area (Å²) in [6.07, 6.45) is 0. The van der Waals surface area contributed by atoms with Crippen molar-refractivity contribution in [3.63, 3.8) is 0 Å². The van der Waals surface area contributed by atoms with Crippen molar-refractivity contribution in [1.82, 2.24) is 24.5 Å². The Kier molecular flexibility index (Phi) is 5.32. The van der Waals surface area contributed by atoms with Crippen LogP contribution >= 0.6 is 0 Å². The lowest BCUT2D eigenvalue weighted by molar-refractivity contribution is 0.584. The van der Waals surface area contributed by atoms with Gasteiger partial charge in [-0.25, -0.2) is 27.8 Å². The maximum absolute atomic E-state index is 11.4. The largest absolute Gasteiger partial charge is 0.369 e. The molecule has 0 saturated heterocycles. The molecule has 2 aromatic rings. The number of anilines is 1. The lowest BCUT2D eigenvalue weighted by atomic mass is 10.4. The van der Waals surface area contributed by atoms with E-state index in [4.69, 9.17) is 0 Å². The fourth-order valence-electron chi connectivity index (χ4n) is 2.11. The molecule has 0 aliphatic carbocycles. The van der Waals surface area contributed by atoms with Crippen molar-refractivity contribution >= 4 is 15.8 Å². The van der Waals surface area contributed by atoms with E-state index in [1.807, 2.05) is 19.9 Å². The van der Waals surface area contributed by atoms with Crippen LogP contribution in [0.4, 0.5) is 5.82 Å². The van der Waals surface area contributed by atoms with Crippen LogP contribution < -0.4 is 10.0 Å². The molecule has 0 aromatic carbocycles. The summed E-state index contributed by atoms with van der Waals surface area (Å²) in [6, 6.07) is 3.77. The SMILES string of the molecule is CCS(=O)(=O)NCCNc1cc(-n2nc(C)cc2C)nc(C)n1. The van der Waals surface area contributed by atoms with Gasteiger partial charge in [0.05, 0.1) is 11.4 Å². The number of hydrogen-bond donors (Lipinski definition) is 2. The summed E-state index contributed by atoms with van der Waals surface area (Å²) in [5.41, 5.74) is 1.91. The molecule has 0 atom stereocenters. The predicted molar refractivity (Wildman–Crippen MR) is 89.3 cm³/mol. The molecule has 2 heterocycles. The summed E-state index contributed by atoms with van der Waals surface area (Å²) in [7, 11) is -3.17. The van der Waals surface area contributed by atoms with Crippen LogP contribution in [0, 0.1) is 20.8 Å². The number of nitrogens with one attached hydrogen (secondary N) is 2. The van der Waals surface area contributed by atoms with Crippen molar-refractivity contribution in [2.24, 2.45) is 0 Å². The molecule has 23 heavy (non-hydrogen) atoms. The molecule has 0 radical (unpaired) electrons. The molecule has 0 saturated carbocycles. The molecule has 0 aliphatic heterocycles. The van der Waals surface area contributed by atoms with Crippen LogP contribution in [0.15, 0.2) is 12.1 Å². The van der Waals surface area contributed by atoms with Gasteiger partial charge in [0, 0.05) is 24.8 Å². The topological polar surface area (TPSA) is 102 Å². The average molecular weight is 338 g/mol. The zero-order chi connectivity index (χ0) is 17.0. The zero-order valence-corrected chi connectivity index (χ0v) is 14.6. The molecular formula is C14H22N6O2S. The first-order chi connectivity index (χ1) is 10.8. The zero-order valence-electron chi connectivity index (χ0n) is 13.8. The van der Waals surface area contributed by atoms with E-state index in [1.165, 1.54) is 0 Å². The smallest absolute Gasteiger partial charge is 0.211 e. The number of nitrogens with zero attached hydrogens (tertiary/aromatic N) is 4. The Bertz CT molecular complexity index is 785. The maximum atomic E-state index is 11.4. The highest BCUT2D eigenvalue weighted by Gasteiger charge is 2.09. The Morgan fingerprint density at radius 1 is 1.13 bits per heavy atom. The van der Waals surface area contributed by atoms with Crippen molar-refractivity contribution < 1.29 is 8.42 Å². The lowest BCUT2D eigenvalue weighted by Crippen LogP contribution is -2.30. The Morgan fingerprint density at radius 2 is 1.87 bits per heavy atom. The van der Waals surface area contributed by atoms with Crippen LogP contribution in [-0.2, 0) is 10.0 Å². The van der Waals surface area contributed by atoms with E-state index < -0.39 is 10.0 Å². The molecule has 0 fully saturated rings. The molecule has 0 amide bonds. The summed E-state index contributed by atoms with van der Waals surface area (Å²) < 4.78 is 27.0. The molecule has 0 spiro atoms. The molecule has 2 aromatic heterocycles. The van der Waals surface area contributed by atoms with Gasteiger partial charge in [0.2, 0.25) is 10.0 Å². The second kappa shape index (κ2) is 7.05. The summed E-state index contributed by atoms with van der Waals surface area (Å²) in [5.74, 6) is 2.00. The van der Waals surface area contributed by atoms with Crippen LogP contribution in [-0.4, -0.2) is 47.0 Å². The molecule has 0 unspecified atom stereocenters. The third-order valence-electron chi connectivity index (χ3n) is 3.18. The molecule has 2 rings (SSSR count). The van der Waals surface area contributed by atoms with Gasteiger partial charge in [-0.2, -0.15) is 5.10 Å². The van der Waals surface area contributed by atoms with Gasteiger partial charge in [-0.05, 0) is 33.8 Å². The maximum Gasteiger partial charge on any atom is 0.211 e. The fourth-order valence-corrected chi connectivity index (χ4v) is 2.73. The van der Waals surface area contributed by atoms with Crippen LogP contribution in [0.25, 0.3) is 5.82 Å². The lowest BCUT2D eigenvalue weighted by Gasteiger charge is -2.10. The van der Waals surface area contributed by atoms with Crippen LogP contribution in [0.3, 0.4) is 0 Å². The van der Waals surface area contributed by atoms with Gasteiger partial charge < -0.3 is 5.32 Å². The number of aromatic nitrogens is 4. The molecule has 0 aliphatic rings. The van der Waals surface area contributed by atoms with Crippen molar-refractivity contribution in [1.29, 1.82) is 0 Å². The number of rotatable bonds is 7. The van der Waals surface area contributed by atoms with Crippen molar-refractivity contribution in [3.8, 4) is 5.82 Å². The van der Waals surface area contributed by atoms with Crippen LogP contribution in [0.5, 0.6) is 0 Å². The van der Waals surface area contributed by atoms with Crippen LogP contribution in [0.1, 0.15) is 24.1 Å². The second-order valence-corrected chi connectivity index (χ2v) is 7.32. The van der Waals surface area contributed by atoms with E-state index in [9.17, 15) is 8.42 Å². The summed E-state index contributed by atoms with van der Waals surface area (Å²) in [4.78, 5) is 8.71. The standard InChI is InChI=1S/C14H22N6O2S/c1-5-23(21,22)16-7-6-15-13-9-14(18-12(4)17-13)20-11(3)8-10(2)19-20/h8-9,16H,5-7H2,1-4H3,(H,15,17,18).